The van der Waals surface area contributed by atoms with Crippen molar-refractivity contribution in [1.29, 1.82) is 0 Å². The van der Waals surface area contributed by atoms with Crippen molar-refractivity contribution in [3.8, 4) is 5.75 Å². The van der Waals surface area contributed by atoms with Crippen molar-refractivity contribution in [2.75, 3.05) is 0 Å². The SMILES string of the molecule is CCCCC[C@H]1CC[C@H]([C@H]2CC[C@H](CCc3ccc4c(F)c(OC(F)(F)F)c(F)cc4c3)CC2)CC1. The Balaban J connectivity index is 1.25. The van der Waals surface area contributed by atoms with Gasteiger partial charge in [-0.1, -0.05) is 76.5 Å². The van der Waals surface area contributed by atoms with Gasteiger partial charge in [0.2, 0.25) is 5.75 Å². The number of halogens is 5. The highest BCUT2D eigenvalue weighted by atomic mass is 19.4. The molecule has 0 aromatic heterocycles. The summed E-state index contributed by atoms with van der Waals surface area (Å²) in [4.78, 5) is 0. The summed E-state index contributed by atoms with van der Waals surface area (Å²) in [7, 11) is 0. The standard InChI is InChI=1S/C30H39F5O/c1-2-3-4-5-20-8-13-23(14-9-20)24-15-10-21(11-16-24)6-7-22-12-17-26-25(18-22)19-27(31)29(28(26)32)36-30(33,34)35/h12,17-21,23-24H,2-11,13-16H2,1H3/t20-,21-,23-,24-. The lowest BCUT2D eigenvalue weighted by Gasteiger charge is -2.38. The highest BCUT2D eigenvalue weighted by Gasteiger charge is 2.35. The third-order valence-electron chi connectivity index (χ3n) is 8.78. The molecule has 0 bridgehead atoms. The molecule has 2 aromatic carbocycles. The van der Waals surface area contributed by atoms with Crippen molar-refractivity contribution in [2.24, 2.45) is 23.7 Å². The van der Waals surface area contributed by atoms with Gasteiger partial charge < -0.3 is 4.74 Å². The highest BCUT2D eigenvalue weighted by Crippen LogP contribution is 2.43. The summed E-state index contributed by atoms with van der Waals surface area (Å²) in [5.74, 6) is -0.660. The Morgan fingerprint density at radius 3 is 2.00 bits per heavy atom. The number of ether oxygens (including phenoxy) is 1. The van der Waals surface area contributed by atoms with E-state index in [1.54, 1.807) is 12.1 Å². The summed E-state index contributed by atoms with van der Waals surface area (Å²) in [6, 6.07) is 5.76. The van der Waals surface area contributed by atoms with Gasteiger partial charge in [-0.2, -0.15) is 0 Å². The summed E-state index contributed by atoms with van der Waals surface area (Å²) in [5.41, 5.74) is 0.953. The summed E-state index contributed by atoms with van der Waals surface area (Å²) < 4.78 is 69.6. The van der Waals surface area contributed by atoms with E-state index in [0.717, 1.165) is 42.2 Å². The molecule has 1 nitrogen and oxygen atoms in total. The predicted molar refractivity (Wildman–Crippen MR) is 134 cm³/mol. The molecule has 0 atom stereocenters. The van der Waals surface area contributed by atoms with Gasteiger partial charge in [-0.3, -0.25) is 0 Å². The largest absolute Gasteiger partial charge is 0.573 e. The first-order chi connectivity index (χ1) is 17.2. The molecule has 0 spiro atoms. The van der Waals surface area contributed by atoms with Crippen LogP contribution in [0.25, 0.3) is 10.8 Å². The first kappa shape index (κ1) is 27.2. The maximum atomic E-state index is 14.5. The summed E-state index contributed by atoms with van der Waals surface area (Å²) >= 11 is 0. The Bertz CT molecular complexity index is 985. The van der Waals surface area contributed by atoms with Crippen LogP contribution in [0.2, 0.25) is 0 Å². The molecule has 0 aliphatic heterocycles. The van der Waals surface area contributed by atoms with Crippen LogP contribution in [0.4, 0.5) is 22.0 Å². The fourth-order valence-electron chi connectivity index (χ4n) is 6.68. The first-order valence-corrected chi connectivity index (χ1v) is 13.9. The second-order valence-corrected chi connectivity index (χ2v) is 11.2. The lowest BCUT2D eigenvalue weighted by molar-refractivity contribution is -0.276. The number of rotatable bonds is 9. The molecule has 200 valence electrons. The quantitative estimate of drug-likeness (QED) is 0.241. The van der Waals surface area contributed by atoms with Crippen molar-refractivity contribution < 1.29 is 26.7 Å². The fraction of sp³-hybridized carbons (Fsp3) is 0.667. The first-order valence-electron chi connectivity index (χ1n) is 13.9. The normalized spacial score (nSPS) is 25.3. The number of benzene rings is 2. The van der Waals surface area contributed by atoms with E-state index in [1.165, 1.54) is 83.1 Å². The van der Waals surface area contributed by atoms with E-state index in [0.29, 0.717) is 5.92 Å². The molecule has 2 aromatic rings. The Kier molecular flexibility index (Phi) is 9.16. The van der Waals surface area contributed by atoms with Gasteiger partial charge in [0.25, 0.3) is 0 Å². The fourth-order valence-corrected chi connectivity index (χ4v) is 6.68. The third-order valence-corrected chi connectivity index (χ3v) is 8.78. The number of unbranched alkanes of at least 4 members (excludes halogenated alkanes) is 2. The van der Waals surface area contributed by atoms with Crippen LogP contribution in [0.5, 0.6) is 5.75 Å². The molecule has 2 aliphatic carbocycles. The summed E-state index contributed by atoms with van der Waals surface area (Å²) in [5, 5.41) is 0.186. The lowest BCUT2D eigenvalue weighted by Crippen LogP contribution is -2.26. The number of fused-ring (bicyclic) bond motifs is 1. The average molecular weight is 511 g/mol. The van der Waals surface area contributed by atoms with Crippen LogP contribution in [-0.2, 0) is 6.42 Å². The van der Waals surface area contributed by atoms with Crippen LogP contribution in [0.3, 0.4) is 0 Å². The van der Waals surface area contributed by atoms with E-state index in [4.69, 9.17) is 0 Å². The van der Waals surface area contributed by atoms with Gasteiger partial charge in [0.1, 0.15) is 0 Å². The molecule has 0 radical (unpaired) electrons. The van der Waals surface area contributed by atoms with Crippen molar-refractivity contribution in [2.45, 2.75) is 103 Å². The number of alkyl halides is 3. The van der Waals surface area contributed by atoms with Gasteiger partial charge in [0.15, 0.2) is 11.6 Å². The minimum absolute atomic E-state index is 0.0695. The maximum absolute atomic E-state index is 14.5. The Labute approximate surface area is 211 Å². The molecule has 2 saturated carbocycles. The van der Waals surface area contributed by atoms with Crippen LogP contribution in [-0.4, -0.2) is 6.36 Å². The highest BCUT2D eigenvalue weighted by molar-refractivity contribution is 5.85. The molecule has 4 rings (SSSR count). The zero-order valence-corrected chi connectivity index (χ0v) is 21.3. The van der Waals surface area contributed by atoms with Gasteiger partial charge >= 0.3 is 6.36 Å². The van der Waals surface area contributed by atoms with Crippen LogP contribution in [0.15, 0.2) is 24.3 Å². The molecule has 0 unspecified atom stereocenters. The predicted octanol–water partition coefficient (Wildman–Crippen LogP) is 10.1. The molecule has 0 saturated heterocycles. The van der Waals surface area contributed by atoms with E-state index in [9.17, 15) is 22.0 Å². The minimum Gasteiger partial charge on any atom is -0.399 e. The van der Waals surface area contributed by atoms with Crippen molar-refractivity contribution in [1.82, 2.24) is 0 Å². The Hall–Kier alpha value is -1.85. The number of hydrogen-bond acceptors (Lipinski definition) is 1. The smallest absolute Gasteiger partial charge is 0.399 e. The van der Waals surface area contributed by atoms with Crippen LogP contribution >= 0.6 is 0 Å². The monoisotopic (exact) mass is 510 g/mol. The van der Waals surface area contributed by atoms with Crippen molar-refractivity contribution in [3.63, 3.8) is 0 Å². The summed E-state index contributed by atoms with van der Waals surface area (Å²) in [6.07, 6.45) is 12.9. The second kappa shape index (κ2) is 12.1. The zero-order valence-electron chi connectivity index (χ0n) is 21.3. The minimum atomic E-state index is -5.15. The molecule has 0 heterocycles. The van der Waals surface area contributed by atoms with Crippen LogP contribution in [0.1, 0.15) is 96.0 Å². The Morgan fingerprint density at radius 1 is 0.806 bits per heavy atom. The van der Waals surface area contributed by atoms with E-state index in [-0.39, 0.29) is 10.8 Å². The van der Waals surface area contributed by atoms with E-state index in [2.05, 4.69) is 11.7 Å². The van der Waals surface area contributed by atoms with E-state index < -0.39 is 23.7 Å². The molecule has 2 aliphatic rings. The molecule has 6 heteroatoms. The second-order valence-electron chi connectivity index (χ2n) is 11.2. The van der Waals surface area contributed by atoms with Gasteiger partial charge in [-0.25, -0.2) is 8.78 Å². The zero-order chi connectivity index (χ0) is 25.7. The average Bonchev–Trinajstić information content (AvgIpc) is 2.85. The van der Waals surface area contributed by atoms with E-state index >= 15 is 0 Å². The van der Waals surface area contributed by atoms with Crippen LogP contribution < -0.4 is 4.74 Å². The van der Waals surface area contributed by atoms with Gasteiger partial charge in [-0.05, 0) is 79.2 Å². The molecule has 2 fully saturated rings. The molecule has 0 N–H and O–H groups in total. The van der Waals surface area contributed by atoms with Gasteiger partial charge in [0.05, 0.1) is 0 Å². The van der Waals surface area contributed by atoms with Crippen molar-refractivity contribution in [3.05, 3.63) is 41.5 Å². The topological polar surface area (TPSA) is 9.23 Å². The maximum Gasteiger partial charge on any atom is 0.573 e. The van der Waals surface area contributed by atoms with Crippen molar-refractivity contribution >= 4 is 10.8 Å². The third kappa shape index (κ3) is 7.13. The van der Waals surface area contributed by atoms with E-state index in [1.807, 2.05) is 0 Å². The molecule has 36 heavy (non-hydrogen) atoms. The lowest BCUT2D eigenvalue weighted by atomic mass is 9.68. The molecular formula is C30H39F5O. The molecular weight excluding hydrogens is 471 g/mol. The summed E-state index contributed by atoms with van der Waals surface area (Å²) in [6.45, 7) is 2.27. The number of aryl methyl sites for hydroxylation is 1. The molecule has 0 amide bonds. The number of hydrogen-bond donors (Lipinski definition) is 0. The Morgan fingerprint density at radius 2 is 1.42 bits per heavy atom. The van der Waals surface area contributed by atoms with Crippen LogP contribution in [0, 0.1) is 35.3 Å². The van der Waals surface area contributed by atoms with Gasteiger partial charge in [-0.15, -0.1) is 13.2 Å². The van der Waals surface area contributed by atoms with Gasteiger partial charge in [0, 0.05) is 5.39 Å².